The van der Waals surface area contributed by atoms with Crippen LogP contribution >= 0.6 is 0 Å². The van der Waals surface area contributed by atoms with E-state index in [1.165, 1.54) is 19.2 Å². The maximum absolute atomic E-state index is 10.6. The number of non-ortho nitro benzene ring substituents is 1. The van der Waals surface area contributed by atoms with Gasteiger partial charge in [-0.25, -0.2) is 0 Å². The number of rotatable bonds is 3. The SMILES string of the molecule is C#CC(C)(C)c1ccc([N+](=O)[O-])cc1OC. The Bertz CT molecular complexity index is 458. The Kier molecular flexibility index (Phi) is 3.19. The lowest BCUT2D eigenvalue weighted by atomic mass is 9.85. The third kappa shape index (κ3) is 2.14. The van der Waals surface area contributed by atoms with Gasteiger partial charge in [0.2, 0.25) is 0 Å². The summed E-state index contributed by atoms with van der Waals surface area (Å²) in [7, 11) is 1.47. The van der Waals surface area contributed by atoms with Crippen molar-refractivity contribution in [1.82, 2.24) is 0 Å². The fourth-order valence-corrected chi connectivity index (χ4v) is 1.39. The van der Waals surface area contributed by atoms with Crippen LogP contribution in [0.2, 0.25) is 0 Å². The van der Waals surface area contributed by atoms with Crippen LogP contribution in [-0.4, -0.2) is 12.0 Å². The fourth-order valence-electron chi connectivity index (χ4n) is 1.39. The van der Waals surface area contributed by atoms with Gasteiger partial charge in [0.05, 0.1) is 23.5 Å². The van der Waals surface area contributed by atoms with Crippen LogP contribution in [0, 0.1) is 22.5 Å². The Balaban J connectivity index is 3.34. The summed E-state index contributed by atoms with van der Waals surface area (Å²) in [5.74, 6) is 3.07. The molecule has 1 rings (SSSR count). The predicted molar refractivity (Wildman–Crippen MR) is 61.5 cm³/mol. The first-order chi connectivity index (χ1) is 7.42. The van der Waals surface area contributed by atoms with Crippen LogP contribution in [0.4, 0.5) is 5.69 Å². The molecule has 0 bridgehead atoms. The second-order valence-corrected chi connectivity index (χ2v) is 3.91. The highest BCUT2D eigenvalue weighted by Gasteiger charge is 2.23. The molecule has 0 saturated heterocycles. The zero-order valence-corrected chi connectivity index (χ0v) is 9.48. The molecule has 0 N–H and O–H groups in total. The van der Waals surface area contributed by atoms with Crippen LogP contribution in [0.3, 0.4) is 0 Å². The molecule has 0 radical (unpaired) electrons. The number of ether oxygens (including phenoxy) is 1. The smallest absolute Gasteiger partial charge is 0.273 e. The topological polar surface area (TPSA) is 52.4 Å². The van der Waals surface area contributed by atoms with Crippen molar-refractivity contribution in [3.63, 3.8) is 0 Å². The number of methoxy groups -OCH3 is 1. The molecule has 0 unspecified atom stereocenters. The van der Waals surface area contributed by atoms with Gasteiger partial charge in [-0.2, -0.15) is 0 Å². The van der Waals surface area contributed by atoms with Crippen molar-refractivity contribution in [3.05, 3.63) is 33.9 Å². The van der Waals surface area contributed by atoms with E-state index in [1.54, 1.807) is 6.07 Å². The van der Waals surface area contributed by atoms with Crippen molar-refractivity contribution < 1.29 is 9.66 Å². The standard InChI is InChI=1S/C12H13NO3/c1-5-12(2,3)10-7-6-9(13(14)15)8-11(10)16-4/h1,6-8H,2-4H3. The normalized spacial score (nSPS) is 10.6. The molecular weight excluding hydrogens is 206 g/mol. The number of hydrogen-bond acceptors (Lipinski definition) is 3. The monoisotopic (exact) mass is 219 g/mol. The third-order valence-corrected chi connectivity index (χ3v) is 2.43. The quantitative estimate of drug-likeness (QED) is 0.446. The molecule has 0 aliphatic rings. The van der Waals surface area contributed by atoms with Crippen LogP contribution < -0.4 is 4.74 Å². The molecule has 0 aliphatic heterocycles. The van der Waals surface area contributed by atoms with Gasteiger partial charge in [0.15, 0.2) is 0 Å². The van der Waals surface area contributed by atoms with Gasteiger partial charge in [0, 0.05) is 11.6 Å². The molecule has 0 fully saturated rings. The van der Waals surface area contributed by atoms with Crippen LogP contribution in [0.25, 0.3) is 0 Å². The zero-order valence-electron chi connectivity index (χ0n) is 9.48. The second kappa shape index (κ2) is 4.23. The molecule has 4 nitrogen and oxygen atoms in total. The highest BCUT2D eigenvalue weighted by Crippen LogP contribution is 2.33. The van der Waals surface area contributed by atoms with Crippen molar-refractivity contribution in [2.45, 2.75) is 19.3 Å². The Hall–Kier alpha value is -2.02. The van der Waals surface area contributed by atoms with E-state index in [4.69, 9.17) is 11.2 Å². The highest BCUT2D eigenvalue weighted by molar-refractivity contribution is 5.49. The summed E-state index contributed by atoms with van der Waals surface area (Å²) >= 11 is 0. The first kappa shape index (κ1) is 12.1. The number of nitro groups is 1. The van der Waals surface area contributed by atoms with Crippen molar-refractivity contribution in [2.24, 2.45) is 0 Å². The van der Waals surface area contributed by atoms with Gasteiger partial charge in [0.25, 0.3) is 5.69 Å². The Morgan fingerprint density at radius 2 is 2.12 bits per heavy atom. The Morgan fingerprint density at radius 3 is 2.56 bits per heavy atom. The molecule has 84 valence electrons. The summed E-state index contributed by atoms with van der Waals surface area (Å²) in [4.78, 5) is 10.1. The lowest BCUT2D eigenvalue weighted by Crippen LogP contribution is -2.15. The van der Waals surface area contributed by atoms with E-state index in [9.17, 15) is 10.1 Å². The molecule has 0 amide bonds. The predicted octanol–water partition coefficient (Wildman–Crippen LogP) is 2.51. The van der Waals surface area contributed by atoms with E-state index in [0.717, 1.165) is 5.56 Å². The number of nitro benzene ring substituents is 1. The van der Waals surface area contributed by atoms with Gasteiger partial charge in [-0.05, 0) is 19.9 Å². The van der Waals surface area contributed by atoms with Crippen LogP contribution in [-0.2, 0) is 5.41 Å². The molecule has 0 atom stereocenters. The van der Waals surface area contributed by atoms with Crippen molar-refractivity contribution in [3.8, 4) is 18.1 Å². The van der Waals surface area contributed by atoms with Gasteiger partial charge in [-0.1, -0.05) is 5.92 Å². The summed E-state index contributed by atoms with van der Waals surface area (Å²) in [6.07, 6.45) is 5.42. The molecule has 0 aliphatic carbocycles. The fraction of sp³-hybridized carbons (Fsp3) is 0.333. The van der Waals surface area contributed by atoms with Crippen molar-refractivity contribution in [1.29, 1.82) is 0 Å². The first-order valence-electron chi connectivity index (χ1n) is 4.73. The van der Waals surface area contributed by atoms with Crippen LogP contribution in [0.5, 0.6) is 5.75 Å². The number of terminal acetylenes is 1. The van der Waals surface area contributed by atoms with Crippen LogP contribution in [0.15, 0.2) is 18.2 Å². The zero-order chi connectivity index (χ0) is 12.3. The van der Waals surface area contributed by atoms with Crippen molar-refractivity contribution >= 4 is 5.69 Å². The number of benzene rings is 1. The summed E-state index contributed by atoms with van der Waals surface area (Å²) in [6, 6.07) is 4.45. The molecule has 1 aromatic carbocycles. The molecule has 0 saturated carbocycles. The van der Waals surface area contributed by atoms with Crippen molar-refractivity contribution in [2.75, 3.05) is 7.11 Å². The third-order valence-electron chi connectivity index (χ3n) is 2.43. The van der Waals surface area contributed by atoms with Gasteiger partial charge < -0.3 is 4.74 Å². The van der Waals surface area contributed by atoms with E-state index in [1.807, 2.05) is 13.8 Å². The number of nitrogens with zero attached hydrogens (tertiary/aromatic N) is 1. The average Bonchev–Trinajstić information content (AvgIpc) is 2.28. The molecule has 1 aromatic rings. The van der Waals surface area contributed by atoms with E-state index in [0.29, 0.717) is 5.75 Å². The van der Waals surface area contributed by atoms with Gasteiger partial charge in [-0.3, -0.25) is 10.1 Å². The van der Waals surface area contributed by atoms with E-state index in [2.05, 4.69) is 5.92 Å². The summed E-state index contributed by atoms with van der Waals surface area (Å²) < 4.78 is 5.12. The highest BCUT2D eigenvalue weighted by atomic mass is 16.6. The second-order valence-electron chi connectivity index (χ2n) is 3.91. The van der Waals surface area contributed by atoms with E-state index in [-0.39, 0.29) is 5.69 Å². The summed E-state index contributed by atoms with van der Waals surface area (Å²) in [5.41, 5.74) is 0.247. The summed E-state index contributed by atoms with van der Waals surface area (Å²) in [6.45, 7) is 3.72. The first-order valence-corrected chi connectivity index (χ1v) is 4.73. The minimum Gasteiger partial charge on any atom is -0.496 e. The van der Waals surface area contributed by atoms with E-state index < -0.39 is 10.3 Å². The molecule has 16 heavy (non-hydrogen) atoms. The van der Waals surface area contributed by atoms with E-state index >= 15 is 0 Å². The minimum atomic E-state index is -0.513. The maximum atomic E-state index is 10.6. The lowest BCUT2D eigenvalue weighted by molar-refractivity contribution is -0.384. The molecule has 0 spiro atoms. The van der Waals surface area contributed by atoms with Gasteiger partial charge in [-0.15, -0.1) is 6.42 Å². The molecular formula is C12H13NO3. The molecule has 0 heterocycles. The molecule has 0 aromatic heterocycles. The largest absolute Gasteiger partial charge is 0.496 e. The Morgan fingerprint density at radius 1 is 1.50 bits per heavy atom. The lowest BCUT2D eigenvalue weighted by Gasteiger charge is -2.20. The average molecular weight is 219 g/mol. The number of hydrogen-bond donors (Lipinski definition) is 0. The van der Waals surface area contributed by atoms with Gasteiger partial charge in [0.1, 0.15) is 5.75 Å². The Labute approximate surface area is 94.4 Å². The van der Waals surface area contributed by atoms with Gasteiger partial charge >= 0.3 is 0 Å². The van der Waals surface area contributed by atoms with Crippen LogP contribution in [0.1, 0.15) is 19.4 Å². The minimum absolute atomic E-state index is 0.00609. The maximum Gasteiger partial charge on any atom is 0.273 e. The molecule has 4 heteroatoms. The summed E-state index contributed by atoms with van der Waals surface area (Å²) in [5, 5.41) is 10.6.